The molecule has 2 N–H and O–H groups in total. The van der Waals surface area contributed by atoms with Crippen LogP contribution >= 0.6 is 0 Å². The molecule has 0 atom stereocenters. The van der Waals surface area contributed by atoms with Gasteiger partial charge in [0, 0.05) is 33.0 Å². The summed E-state index contributed by atoms with van der Waals surface area (Å²) in [6.45, 7) is 4.52. The molecule has 0 spiro atoms. The maximum atomic E-state index is 10.9. The Morgan fingerprint density at radius 1 is 1.35 bits per heavy atom. The van der Waals surface area contributed by atoms with E-state index in [9.17, 15) is 8.42 Å². The summed E-state index contributed by atoms with van der Waals surface area (Å²) in [5, 5.41) is 6.16. The van der Waals surface area contributed by atoms with Crippen LogP contribution in [0.15, 0.2) is 4.99 Å². The van der Waals surface area contributed by atoms with Crippen molar-refractivity contribution in [2.75, 3.05) is 45.4 Å². The number of rotatable bonds is 8. The molecule has 7 heteroatoms. The first-order valence-corrected chi connectivity index (χ1v) is 7.74. The molecule has 0 rings (SSSR count). The van der Waals surface area contributed by atoms with Gasteiger partial charge in [0.15, 0.2) is 5.96 Å². The molecule has 0 aliphatic carbocycles. The fourth-order valence-electron chi connectivity index (χ4n) is 1.13. The van der Waals surface area contributed by atoms with Gasteiger partial charge in [0.1, 0.15) is 9.84 Å². The Hall–Kier alpha value is -0.820. The van der Waals surface area contributed by atoms with E-state index >= 15 is 0 Å². The van der Waals surface area contributed by atoms with E-state index in [1.54, 1.807) is 7.11 Å². The molecule has 0 aliphatic heterocycles. The van der Waals surface area contributed by atoms with Gasteiger partial charge in [-0.2, -0.15) is 0 Å². The van der Waals surface area contributed by atoms with Crippen LogP contribution in [-0.4, -0.2) is 59.7 Å². The van der Waals surface area contributed by atoms with Crippen LogP contribution in [0.3, 0.4) is 0 Å². The number of nitrogens with one attached hydrogen (secondary N) is 2. The zero-order valence-electron chi connectivity index (χ0n) is 10.8. The highest BCUT2D eigenvalue weighted by atomic mass is 32.2. The Bertz CT molecular complexity index is 315. The van der Waals surface area contributed by atoms with Gasteiger partial charge in [-0.1, -0.05) is 0 Å². The number of ether oxygens (including phenoxy) is 1. The van der Waals surface area contributed by atoms with Gasteiger partial charge in [-0.15, -0.1) is 0 Å². The van der Waals surface area contributed by atoms with Crippen molar-refractivity contribution in [1.82, 2.24) is 10.6 Å². The van der Waals surface area contributed by atoms with Crippen LogP contribution in [0.1, 0.15) is 13.3 Å². The highest BCUT2D eigenvalue weighted by molar-refractivity contribution is 7.90. The van der Waals surface area contributed by atoms with E-state index in [0.717, 1.165) is 6.54 Å². The third-order valence-corrected chi connectivity index (χ3v) is 2.92. The monoisotopic (exact) mass is 265 g/mol. The molecule has 0 saturated carbocycles. The van der Waals surface area contributed by atoms with Crippen molar-refractivity contribution < 1.29 is 13.2 Å². The molecule has 102 valence electrons. The molecule has 0 saturated heterocycles. The van der Waals surface area contributed by atoms with E-state index in [2.05, 4.69) is 15.6 Å². The summed E-state index contributed by atoms with van der Waals surface area (Å²) < 4.78 is 26.7. The van der Waals surface area contributed by atoms with E-state index in [-0.39, 0.29) is 5.75 Å². The van der Waals surface area contributed by atoms with Crippen molar-refractivity contribution in [3.05, 3.63) is 0 Å². The predicted molar refractivity (Wildman–Crippen MR) is 70.2 cm³/mol. The van der Waals surface area contributed by atoms with Crippen molar-refractivity contribution >= 4 is 15.8 Å². The minimum atomic E-state index is -2.89. The quantitative estimate of drug-likeness (QED) is 0.355. The summed E-state index contributed by atoms with van der Waals surface area (Å²) in [6.07, 6.45) is 1.78. The first-order chi connectivity index (χ1) is 7.99. The number of methoxy groups -OCH3 is 1. The molecule has 0 fully saturated rings. The molecular weight excluding hydrogens is 242 g/mol. The maximum absolute atomic E-state index is 10.9. The van der Waals surface area contributed by atoms with E-state index in [4.69, 9.17) is 4.74 Å². The van der Waals surface area contributed by atoms with Crippen LogP contribution in [0.2, 0.25) is 0 Å². The summed E-state index contributed by atoms with van der Waals surface area (Å²) in [5.41, 5.74) is 0. The van der Waals surface area contributed by atoms with E-state index in [0.29, 0.717) is 32.1 Å². The standard InChI is InChI=1S/C10H23N3O3S/c1-4-11-10(13-7-8-16-2)12-6-5-9-17(3,14)15/h4-9H2,1-3H3,(H2,11,12,13). The summed E-state index contributed by atoms with van der Waals surface area (Å²) >= 11 is 0. The Morgan fingerprint density at radius 2 is 2.06 bits per heavy atom. The summed E-state index contributed by atoms with van der Waals surface area (Å²) in [4.78, 5) is 4.26. The van der Waals surface area contributed by atoms with E-state index in [1.807, 2.05) is 6.92 Å². The highest BCUT2D eigenvalue weighted by Crippen LogP contribution is 1.89. The van der Waals surface area contributed by atoms with Gasteiger partial charge in [0.25, 0.3) is 0 Å². The predicted octanol–water partition coefficient (Wildman–Crippen LogP) is -0.377. The fraction of sp³-hybridized carbons (Fsp3) is 0.900. The maximum Gasteiger partial charge on any atom is 0.191 e. The van der Waals surface area contributed by atoms with Crippen molar-refractivity contribution in [2.24, 2.45) is 4.99 Å². The van der Waals surface area contributed by atoms with Gasteiger partial charge in [-0.25, -0.2) is 8.42 Å². The Kier molecular flexibility index (Phi) is 8.79. The van der Waals surface area contributed by atoms with Gasteiger partial charge in [-0.3, -0.25) is 4.99 Å². The number of sulfone groups is 1. The lowest BCUT2D eigenvalue weighted by Gasteiger charge is -2.10. The topological polar surface area (TPSA) is 79.8 Å². The molecule has 0 aromatic carbocycles. The molecule has 0 aromatic rings. The van der Waals surface area contributed by atoms with Crippen LogP contribution < -0.4 is 10.6 Å². The Morgan fingerprint density at radius 3 is 2.59 bits per heavy atom. The number of nitrogens with zero attached hydrogens (tertiary/aromatic N) is 1. The summed E-state index contributed by atoms with van der Waals surface area (Å²) in [7, 11) is -1.25. The number of hydrogen-bond donors (Lipinski definition) is 2. The third kappa shape index (κ3) is 11.4. The molecule has 0 amide bonds. The zero-order chi connectivity index (χ0) is 13.1. The van der Waals surface area contributed by atoms with Crippen molar-refractivity contribution in [3.63, 3.8) is 0 Å². The van der Waals surface area contributed by atoms with Crippen molar-refractivity contribution in [2.45, 2.75) is 13.3 Å². The van der Waals surface area contributed by atoms with Crippen molar-refractivity contribution in [1.29, 1.82) is 0 Å². The first-order valence-electron chi connectivity index (χ1n) is 5.68. The van der Waals surface area contributed by atoms with Gasteiger partial charge in [0.2, 0.25) is 0 Å². The number of guanidine groups is 1. The van der Waals surface area contributed by atoms with Gasteiger partial charge in [0.05, 0.1) is 12.4 Å². The lowest BCUT2D eigenvalue weighted by Crippen LogP contribution is -2.39. The van der Waals surface area contributed by atoms with Crippen LogP contribution in [0, 0.1) is 0 Å². The van der Waals surface area contributed by atoms with Crippen LogP contribution in [0.25, 0.3) is 0 Å². The lowest BCUT2D eigenvalue weighted by molar-refractivity contribution is 0.203. The molecule has 0 unspecified atom stereocenters. The average Bonchev–Trinajstić information content (AvgIpc) is 2.23. The second-order valence-corrected chi connectivity index (χ2v) is 5.92. The molecular formula is C10H23N3O3S. The smallest absolute Gasteiger partial charge is 0.191 e. The lowest BCUT2D eigenvalue weighted by atomic mass is 10.5. The first kappa shape index (κ1) is 16.2. The molecule has 17 heavy (non-hydrogen) atoms. The SMILES string of the molecule is CCNC(=NCCCS(C)(=O)=O)NCCOC. The summed E-state index contributed by atoms with van der Waals surface area (Å²) in [5.74, 6) is 0.867. The van der Waals surface area contributed by atoms with Crippen LogP contribution in [-0.2, 0) is 14.6 Å². The normalized spacial score (nSPS) is 12.5. The largest absolute Gasteiger partial charge is 0.383 e. The van der Waals surface area contributed by atoms with E-state index in [1.165, 1.54) is 6.26 Å². The number of aliphatic imine (C=N–C) groups is 1. The molecule has 0 aliphatic rings. The average molecular weight is 265 g/mol. The van der Waals surface area contributed by atoms with Gasteiger partial charge in [-0.05, 0) is 13.3 Å². The molecule has 0 aromatic heterocycles. The van der Waals surface area contributed by atoms with Gasteiger partial charge >= 0.3 is 0 Å². The second kappa shape index (κ2) is 9.23. The fourth-order valence-corrected chi connectivity index (χ4v) is 1.78. The Balaban J connectivity index is 3.93. The molecule has 0 radical (unpaired) electrons. The van der Waals surface area contributed by atoms with E-state index < -0.39 is 9.84 Å². The molecule has 0 heterocycles. The second-order valence-electron chi connectivity index (χ2n) is 3.66. The zero-order valence-corrected chi connectivity index (χ0v) is 11.6. The molecule has 6 nitrogen and oxygen atoms in total. The van der Waals surface area contributed by atoms with Crippen molar-refractivity contribution in [3.8, 4) is 0 Å². The molecule has 0 bridgehead atoms. The minimum absolute atomic E-state index is 0.175. The minimum Gasteiger partial charge on any atom is -0.383 e. The van der Waals surface area contributed by atoms with Gasteiger partial charge < -0.3 is 15.4 Å². The Labute approximate surface area is 104 Å². The highest BCUT2D eigenvalue weighted by Gasteiger charge is 2.01. The summed E-state index contributed by atoms with van der Waals surface area (Å²) in [6, 6.07) is 0. The third-order valence-electron chi connectivity index (χ3n) is 1.89. The van der Waals surface area contributed by atoms with Crippen LogP contribution in [0.5, 0.6) is 0 Å². The van der Waals surface area contributed by atoms with Crippen LogP contribution in [0.4, 0.5) is 0 Å². The number of hydrogen-bond acceptors (Lipinski definition) is 4.